The average molecular weight is 403 g/mol. The van der Waals surface area contributed by atoms with Crippen molar-refractivity contribution >= 4 is 28.3 Å². The Labute approximate surface area is 175 Å². The summed E-state index contributed by atoms with van der Waals surface area (Å²) in [7, 11) is 0. The molecule has 1 heterocycles. The van der Waals surface area contributed by atoms with E-state index in [9.17, 15) is 9.59 Å². The summed E-state index contributed by atoms with van der Waals surface area (Å²) >= 11 is 0. The Balaban J connectivity index is 1.61. The summed E-state index contributed by atoms with van der Waals surface area (Å²) in [6.07, 6.45) is 3.20. The van der Waals surface area contributed by atoms with E-state index in [1.165, 1.54) is 0 Å². The average Bonchev–Trinajstić information content (AvgIpc) is 3.12. The maximum absolute atomic E-state index is 12.8. The standard InChI is InChI=1S/C24H25N3O3/c1-3-14-25-24(29)22-15(2)21-19(12-7-13-20(21)30-22)26-27-23(28)18-11-6-9-16-8-4-5-10-17(16)18/h4-6,8-11H,3,7,12-14H2,1-2H3,(H,25,29)(H,27,28)/b26-19+. The van der Waals surface area contributed by atoms with E-state index in [1.807, 2.05) is 50.2 Å². The van der Waals surface area contributed by atoms with Gasteiger partial charge in [0.15, 0.2) is 5.76 Å². The van der Waals surface area contributed by atoms with Crippen LogP contribution in [-0.4, -0.2) is 24.1 Å². The lowest BCUT2D eigenvalue weighted by atomic mass is 9.93. The van der Waals surface area contributed by atoms with Gasteiger partial charge in [0.1, 0.15) is 5.76 Å². The number of rotatable bonds is 5. The van der Waals surface area contributed by atoms with Gasteiger partial charge in [-0.1, -0.05) is 43.3 Å². The summed E-state index contributed by atoms with van der Waals surface area (Å²) in [5.41, 5.74) is 5.66. The van der Waals surface area contributed by atoms with Gasteiger partial charge in [-0.15, -0.1) is 0 Å². The third-order valence-corrected chi connectivity index (χ3v) is 5.39. The van der Waals surface area contributed by atoms with E-state index in [4.69, 9.17) is 4.42 Å². The Morgan fingerprint density at radius 2 is 1.87 bits per heavy atom. The monoisotopic (exact) mass is 403 g/mol. The Kier molecular flexibility index (Phi) is 5.65. The fourth-order valence-corrected chi connectivity index (χ4v) is 3.92. The third kappa shape index (κ3) is 3.73. The molecule has 6 nitrogen and oxygen atoms in total. The van der Waals surface area contributed by atoms with Crippen molar-refractivity contribution in [3.05, 3.63) is 70.7 Å². The number of furan rings is 1. The lowest BCUT2D eigenvalue weighted by Gasteiger charge is -2.13. The van der Waals surface area contributed by atoms with Crippen molar-refractivity contribution < 1.29 is 14.0 Å². The van der Waals surface area contributed by atoms with E-state index in [-0.39, 0.29) is 11.8 Å². The molecular weight excluding hydrogens is 378 g/mol. The molecule has 30 heavy (non-hydrogen) atoms. The number of nitrogens with zero attached hydrogens (tertiary/aromatic N) is 1. The molecule has 0 spiro atoms. The SMILES string of the molecule is CCCNC(=O)c1oc2c(c1C)/C(=N/NC(=O)c1cccc3ccccc13)CCC2. The highest BCUT2D eigenvalue weighted by Crippen LogP contribution is 2.30. The van der Waals surface area contributed by atoms with Crippen molar-refractivity contribution in [3.8, 4) is 0 Å². The largest absolute Gasteiger partial charge is 0.455 e. The predicted octanol–water partition coefficient (Wildman–Crippen LogP) is 4.35. The van der Waals surface area contributed by atoms with Crippen LogP contribution in [0.5, 0.6) is 0 Å². The number of hydrogen-bond acceptors (Lipinski definition) is 4. The van der Waals surface area contributed by atoms with E-state index in [0.29, 0.717) is 17.9 Å². The predicted molar refractivity (Wildman–Crippen MR) is 117 cm³/mol. The second-order valence-corrected chi connectivity index (χ2v) is 7.49. The third-order valence-electron chi connectivity index (χ3n) is 5.39. The van der Waals surface area contributed by atoms with Crippen LogP contribution >= 0.6 is 0 Å². The highest BCUT2D eigenvalue weighted by atomic mass is 16.4. The van der Waals surface area contributed by atoms with Gasteiger partial charge in [-0.3, -0.25) is 9.59 Å². The number of amides is 2. The summed E-state index contributed by atoms with van der Waals surface area (Å²) in [4.78, 5) is 25.2. The topological polar surface area (TPSA) is 83.7 Å². The van der Waals surface area contributed by atoms with Crippen molar-refractivity contribution in [1.29, 1.82) is 0 Å². The van der Waals surface area contributed by atoms with Gasteiger partial charge in [-0.25, -0.2) is 5.43 Å². The molecule has 0 unspecified atom stereocenters. The fraction of sp³-hybridized carbons (Fsp3) is 0.292. The Hall–Kier alpha value is -3.41. The van der Waals surface area contributed by atoms with Gasteiger partial charge < -0.3 is 9.73 Å². The Morgan fingerprint density at radius 1 is 1.07 bits per heavy atom. The lowest BCUT2D eigenvalue weighted by molar-refractivity contribution is 0.0921. The molecule has 0 saturated heterocycles. The highest BCUT2D eigenvalue weighted by Gasteiger charge is 2.28. The van der Waals surface area contributed by atoms with Gasteiger partial charge >= 0.3 is 0 Å². The quantitative estimate of drug-likeness (QED) is 0.621. The van der Waals surface area contributed by atoms with Crippen molar-refractivity contribution in [1.82, 2.24) is 10.7 Å². The second-order valence-electron chi connectivity index (χ2n) is 7.49. The molecule has 2 amide bonds. The minimum atomic E-state index is -0.256. The number of nitrogens with one attached hydrogen (secondary N) is 2. The number of carbonyl (C=O) groups excluding carboxylic acids is 2. The molecule has 0 radical (unpaired) electrons. The Morgan fingerprint density at radius 3 is 2.70 bits per heavy atom. The fourth-order valence-electron chi connectivity index (χ4n) is 3.92. The van der Waals surface area contributed by atoms with Crippen LogP contribution in [0.2, 0.25) is 0 Å². The first-order valence-electron chi connectivity index (χ1n) is 10.4. The van der Waals surface area contributed by atoms with Gasteiger partial charge in [-0.2, -0.15) is 5.10 Å². The molecule has 6 heteroatoms. The molecule has 0 aliphatic heterocycles. The van der Waals surface area contributed by atoms with E-state index < -0.39 is 0 Å². The summed E-state index contributed by atoms with van der Waals surface area (Å²) < 4.78 is 5.87. The molecule has 1 aliphatic rings. The zero-order valence-electron chi connectivity index (χ0n) is 17.2. The minimum Gasteiger partial charge on any atom is -0.455 e. The van der Waals surface area contributed by atoms with Gasteiger partial charge in [0.2, 0.25) is 0 Å². The van der Waals surface area contributed by atoms with Crippen molar-refractivity contribution in [2.24, 2.45) is 5.10 Å². The molecule has 0 fully saturated rings. The molecule has 154 valence electrons. The Bertz CT molecular complexity index is 1140. The van der Waals surface area contributed by atoms with Gasteiger partial charge in [-0.05, 0) is 43.0 Å². The molecule has 0 saturated carbocycles. The van der Waals surface area contributed by atoms with Gasteiger partial charge in [0, 0.05) is 29.7 Å². The zero-order chi connectivity index (χ0) is 21.1. The highest BCUT2D eigenvalue weighted by molar-refractivity contribution is 6.09. The molecule has 3 aromatic rings. The summed E-state index contributed by atoms with van der Waals surface area (Å²) in [6.45, 7) is 4.48. The van der Waals surface area contributed by atoms with Gasteiger partial charge in [0.05, 0.1) is 5.71 Å². The van der Waals surface area contributed by atoms with E-state index in [0.717, 1.165) is 59.1 Å². The van der Waals surface area contributed by atoms with Crippen molar-refractivity contribution in [3.63, 3.8) is 0 Å². The van der Waals surface area contributed by atoms with Crippen LogP contribution in [0.15, 0.2) is 52.0 Å². The minimum absolute atomic E-state index is 0.206. The molecule has 0 atom stereocenters. The maximum Gasteiger partial charge on any atom is 0.287 e. The smallest absolute Gasteiger partial charge is 0.287 e. The molecule has 4 rings (SSSR count). The number of fused-ring (bicyclic) bond motifs is 2. The number of hydrogen-bond donors (Lipinski definition) is 2. The van der Waals surface area contributed by atoms with Crippen LogP contribution < -0.4 is 10.7 Å². The molecule has 1 aliphatic carbocycles. The van der Waals surface area contributed by atoms with Crippen LogP contribution in [0, 0.1) is 6.92 Å². The normalized spacial score (nSPS) is 14.5. The van der Waals surface area contributed by atoms with E-state index in [2.05, 4.69) is 15.8 Å². The molecule has 1 aromatic heterocycles. The second kappa shape index (κ2) is 8.53. The van der Waals surface area contributed by atoms with Crippen LogP contribution in [0.25, 0.3) is 10.8 Å². The first-order valence-corrected chi connectivity index (χ1v) is 10.4. The molecular formula is C24H25N3O3. The summed E-state index contributed by atoms with van der Waals surface area (Å²) in [5, 5.41) is 9.18. The number of carbonyl (C=O) groups is 2. The number of hydrazone groups is 1. The molecule has 2 N–H and O–H groups in total. The first kappa shape index (κ1) is 19.9. The first-order chi connectivity index (χ1) is 14.6. The van der Waals surface area contributed by atoms with Crippen molar-refractivity contribution in [2.45, 2.75) is 39.5 Å². The summed E-state index contributed by atoms with van der Waals surface area (Å²) in [5.74, 6) is 0.637. The van der Waals surface area contributed by atoms with E-state index in [1.54, 1.807) is 6.07 Å². The number of aryl methyl sites for hydroxylation is 1. The lowest BCUT2D eigenvalue weighted by Crippen LogP contribution is -2.24. The van der Waals surface area contributed by atoms with Crippen LogP contribution in [0.3, 0.4) is 0 Å². The molecule has 0 bridgehead atoms. The van der Waals surface area contributed by atoms with E-state index >= 15 is 0 Å². The zero-order valence-corrected chi connectivity index (χ0v) is 17.2. The van der Waals surface area contributed by atoms with Crippen LogP contribution in [0.4, 0.5) is 0 Å². The van der Waals surface area contributed by atoms with Crippen molar-refractivity contribution in [2.75, 3.05) is 6.54 Å². The van der Waals surface area contributed by atoms with Crippen LogP contribution in [0.1, 0.15) is 64.0 Å². The van der Waals surface area contributed by atoms with Crippen LogP contribution in [-0.2, 0) is 6.42 Å². The summed E-state index contributed by atoms with van der Waals surface area (Å²) in [6, 6.07) is 13.4. The molecule has 2 aromatic carbocycles. The van der Waals surface area contributed by atoms with Gasteiger partial charge in [0.25, 0.3) is 11.8 Å². The maximum atomic E-state index is 12.8. The number of benzene rings is 2.